The normalized spacial score (nSPS) is 10.8. The lowest BCUT2D eigenvalue weighted by molar-refractivity contribution is 0.0368. The van der Waals surface area contributed by atoms with Crippen molar-refractivity contribution in [3.8, 4) is 0 Å². The molecule has 0 radical (unpaired) electrons. The monoisotopic (exact) mass is 337 g/mol. The highest BCUT2D eigenvalue weighted by molar-refractivity contribution is 6.31. The van der Waals surface area contributed by atoms with Gasteiger partial charge in [-0.3, -0.25) is 0 Å². The minimum Gasteiger partial charge on any atom is -0.440 e. The summed E-state index contributed by atoms with van der Waals surface area (Å²) in [5.74, 6) is -1.19. The standard InChI is InChI=1S/C15H9Cl2NO4/c16-10-3-1-9(2-4-10)14(19)21-8-18-12-6-5-11(17)7-13(12)22-15(18)20/h1-7H,8H2. The molecule has 0 atom stereocenters. The molecule has 0 aliphatic carbocycles. The average Bonchev–Trinajstić information content (AvgIpc) is 2.80. The van der Waals surface area contributed by atoms with Crippen LogP contribution in [-0.2, 0) is 11.5 Å². The highest BCUT2D eigenvalue weighted by atomic mass is 35.5. The Labute approximate surface area is 134 Å². The maximum absolute atomic E-state index is 11.9. The molecule has 7 heteroatoms. The summed E-state index contributed by atoms with van der Waals surface area (Å²) < 4.78 is 11.4. The van der Waals surface area contributed by atoms with Crippen LogP contribution in [0, 0.1) is 0 Å². The number of oxazole rings is 1. The largest absolute Gasteiger partial charge is 0.440 e. The second-order valence-electron chi connectivity index (χ2n) is 4.48. The van der Waals surface area contributed by atoms with E-state index in [1.807, 2.05) is 0 Å². The molecule has 3 aromatic rings. The van der Waals surface area contributed by atoms with Crippen molar-refractivity contribution in [3.05, 3.63) is 68.6 Å². The molecule has 0 saturated heterocycles. The van der Waals surface area contributed by atoms with Gasteiger partial charge < -0.3 is 9.15 Å². The molecule has 3 rings (SSSR count). The molecule has 0 aliphatic rings. The van der Waals surface area contributed by atoms with Crippen molar-refractivity contribution in [2.45, 2.75) is 6.73 Å². The van der Waals surface area contributed by atoms with Gasteiger partial charge in [0.15, 0.2) is 12.3 Å². The van der Waals surface area contributed by atoms with Crippen molar-refractivity contribution in [1.29, 1.82) is 0 Å². The van der Waals surface area contributed by atoms with Gasteiger partial charge in [0.2, 0.25) is 0 Å². The fraction of sp³-hybridized carbons (Fsp3) is 0.0667. The first kappa shape index (κ1) is 14.7. The van der Waals surface area contributed by atoms with Gasteiger partial charge in [-0.15, -0.1) is 0 Å². The van der Waals surface area contributed by atoms with Crippen LogP contribution in [0.4, 0.5) is 0 Å². The van der Waals surface area contributed by atoms with E-state index in [2.05, 4.69) is 0 Å². The first-order chi connectivity index (χ1) is 10.5. The summed E-state index contributed by atoms with van der Waals surface area (Å²) in [6.45, 7) is -0.255. The summed E-state index contributed by atoms with van der Waals surface area (Å²) in [6.07, 6.45) is 0. The van der Waals surface area contributed by atoms with Gasteiger partial charge in [0.05, 0.1) is 11.1 Å². The van der Waals surface area contributed by atoms with Crippen LogP contribution in [0.3, 0.4) is 0 Å². The van der Waals surface area contributed by atoms with Crippen LogP contribution >= 0.6 is 23.2 Å². The summed E-state index contributed by atoms with van der Waals surface area (Å²) in [5.41, 5.74) is 1.17. The molecule has 1 aromatic heterocycles. The van der Waals surface area contributed by atoms with Gasteiger partial charge in [0.25, 0.3) is 0 Å². The molecule has 0 spiro atoms. The van der Waals surface area contributed by atoms with E-state index in [4.69, 9.17) is 32.4 Å². The number of nitrogens with zero attached hydrogens (tertiary/aromatic N) is 1. The fourth-order valence-corrected chi connectivity index (χ4v) is 2.24. The maximum Gasteiger partial charge on any atom is 0.422 e. The zero-order valence-corrected chi connectivity index (χ0v) is 12.6. The van der Waals surface area contributed by atoms with Crippen LogP contribution in [0.25, 0.3) is 11.1 Å². The van der Waals surface area contributed by atoms with Crippen molar-refractivity contribution in [3.63, 3.8) is 0 Å². The Morgan fingerprint density at radius 3 is 2.50 bits per heavy atom. The second-order valence-corrected chi connectivity index (χ2v) is 5.35. The SMILES string of the molecule is O=C(OCn1c(=O)oc2cc(Cl)ccc21)c1ccc(Cl)cc1. The number of benzene rings is 2. The zero-order valence-electron chi connectivity index (χ0n) is 11.1. The van der Waals surface area contributed by atoms with Crippen LogP contribution in [0.1, 0.15) is 10.4 Å². The first-order valence-electron chi connectivity index (χ1n) is 6.26. The van der Waals surface area contributed by atoms with E-state index in [1.54, 1.807) is 36.4 Å². The highest BCUT2D eigenvalue weighted by Crippen LogP contribution is 2.18. The van der Waals surface area contributed by atoms with Gasteiger partial charge in [-0.25, -0.2) is 14.2 Å². The van der Waals surface area contributed by atoms with Crippen molar-refractivity contribution in [2.75, 3.05) is 0 Å². The number of hydrogen-bond acceptors (Lipinski definition) is 4. The lowest BCUT2D eigenvalue weighted by Crippen LogP contribution is -2.18. The van der Waals surface area contributed by atoms with E-state index in [0.717, 1.165) is 0 Å². The summed E-state index contributed by atoms with van der Waals surface area (Å²) in [5, 5.41) is 0.969. The molecule has 0 aliphatic heterocycles. The molecule has 0 saturated carbocycles. The Morgan fingerprint density at radius 1 is 1.09 bits per heavy atom. The fourth-order valence-electron chi connectivity index (χ4n) is 1.95. The zero-order chi connectivity index (χ0) is 15.7. The molecule has 2 aromatic carbocycles. The smallest absolute Gasteiger partial charge is 0.422 e. The molecule has 0 bridgehead atoms. The van der Waals surface area contributed by atoms with Crippen LogP contribution in [0.2, 0.25) is 10.0 Å². The summed E-state index contributed by atoms with van der Waals surface area (Å²) in [7, 11) is 0. The van der Waals surface area contributed by atoms with E-state index >= 15 is 0 Å². The molecule has 0 N–H and O–H groups in total. The van der Waals surface area contributed by atoms with E-state index in [9.17, 15) is 9.59 Å². The molecule has 112 valence electrons. The molecule has 1 heterocycles. The third-order valence-corrected chi connectivity index (χ3v) is 3.52. The number of esters is 1. The lowest BCUT2D eigenvalue weighted by Gasteiger charge is -2.05. The number of carbonyl (C=O) groups is 1. The van der Waals surface area contributed by atoms with E-state index in [-0.39, 0.29) is 6.73 Å². The Morgan fingerprint density at radius 2 is 1.77 bits per heavy atom. The number of ether oxygens (including phenoxy) is 1. The summed E-state index contributed by atoms with van der Waals surface area (Å²) in [6, 6.07) is 11.0. The summed E-state index contributed by atoms with van der Waals surface area (Å²) >= 11 is 11.6. The van der Waals surface area contributed by atoms with Crippen LogP contribution < -0.4 is 5.76 Å². The average molecular weight is 338 g/mol. The Bertz CT molecular complexity index is 896. The van der Waals surface area contributed by atoms with Gasteiger partial charge in [0.1, 0.15) is 0 Å². The molecule has 5 nitrogen and oxygen atoms in total. The number of halogens is 2. The lowest BCUT2D eigenvalue weighted by atomic mass is 10.2. The molecule has 0 fully saturated rings. The predicted molar refractivity (Wildman–Crippen MR) is 82.4 cm³/mol. The summed E-state index contributed by atoms with van der Waals surface area (Å²) in [4.78, 5) is 23.7. The Kier molecular flexibility index (Phi) is 3.92. The molecule has 0 unspecified atom stereocenters. The Hall–Kier alpha value is -2.24. The van der Waals surface area contributed by atoms with E-state index in [1.165, 1.54) is 10.6 Å². The number of rotatable bonds is 3. The van der Waals surface area contributed by atoms with E-state index in [0.29, 0.717) is 26.7 Å². The number of fused-ring (bicyclic) bond motifs is 1. The van der Waals surface area contributed by atoms with Crippen molar-refractivity contribution in [2.24, 2.45) is 0 Å². The van der Waals surface area contributed by atoms with Crippen molar-refractivity contribution in [1.82, 2.24) is 4.57 Å². The Balaban J connectivity index is 1.82. The van der Waals surface area contributed by atoms with Crippen LogP contribution in [-0.4, -0.2) is 10.5 Å². The third kappa shape index (κ3) is 2.86. The van der Waals surface area contributed by atoms with Crippen molar-refractivity contribution >= 4 is 40.3 Å². The molecular formula is C15H9Cl2NO4. The van der Waals surface area contributed by atoms with Gasteiger partial charge in [-0.2, -0.15) is 0 Å². The van der Waals surface area contributed by atoms with Crippen LogP contribution in [0.15, 0.2) is 51.7 Å². The van der Waals surface area contributed by atoms with Crippen LogP contribution in [0.5, 0.6) is 0 Å². The van der Waals surface area contributed by atoms with Gasteiger partial charge in [-0.05, 0) is 36.4 Å². The molecule has 0 amide bonds. The topological polar surface area (TPSA) is 61.4 Å². The quantitative estimate of drug-likeness (QED) is 0.683. The molecular weight excluding hydrogens is 329 g/mol. The minimum atomic E-state index is -0.624. The third-order valence-electron chi connectivity index (χ3n) is 3.03. The first-order valence-corrected chi connectivity index (χ1v) is 7.02. The van der Waals surface area contributed by atoms with Crippen molar-refractivity contribution < 1.29 is 13.9 Å². The second kappa shape index (κ2) is 5.87. The van der Waals surface area contributed by atoms with E-state index < -0.39 is 11.7 Å². The number of aromatic nitrogens is 1. The highest BCUT2D eigenvalue weighted by Gasteiger charge is 2.12. The van der Waals surface area contributed by atoms with Gasteiger partial charge in [-0.1, -0.05) is 23.2 Å². The predicted octanol–water partition coefficient (Wildman–Crippen LogP) is 3.72. The minimum absolute atomic E-state index is 0.255. The number of carbonyl (C=O) groups excluding carboxylic acids is 1. The van der Waals surface area contributed by atoms with Gasteiger partial charge in [0, 0.05) is 16.1 Å². The number of hydrogen-bond donors (Lipinski definition) is 0. The van der Waals surface area contributed by atoms with Gasteiger partial charge >= 0.3 is 11.7 Å². The molecule has 22 heavy (non-hydrogen) atoms. The maximum atomic E-state index is 11.9.